The smallest absolute Gasteiger partial charge is 0.260 e. The van der Waals surface area contributed by atoms with Gasteiger partial charge in [-0.25, -0.2) is 0 Å². The zero-order valence-electron chi connectivity index (χ0n) is 17.0. The number of amides is 1. The molecule has 1 N–H and O–H groups in total. The molecule has 0 saturated carbocycles. The van der Waals surface area contributed by atoms with Gasteiger partial charge in [0.2, 0.25) is 0 Å². The second kappa shape index (κ2) is 10.6. The van der Waals surface area contributed by atoms with Crippen LogP contribution < -0.4 is 10.1 Å². The fourth-order valence-corrected chi connectivity index (χ4v) is 3.49. The number of hydrogen-bond acceptors (Lipinski definition) is 3. The topological polar surface area (TPSA) is 41.6 Å². The molecule has 1 heterocycles. The Kier molecular flexibility index (Phi) is 8.43. The Morgan fingerprint density at radius 2 is 2.08 bits per heavy atom. The third-order valence-electron chi connectivity index (χ3n) is 5.32. The first-order chi connectivity index (χ1) is 12.5. The maximum Gasteiger partial charge on any atom is 0.260 e. The maximum atomic E-state index is 12.2. The molecule has 146 valence electrons. The van der Waals surface area contributed by atoms with Crippen LogP contribution in [0.15, 0.2) is 24.3 Å². The van der Waals surface area contributed by atoms with Gasteiger partial charge in [0.1, 0.15) is 5.75 Å². The molecule has 1 aliphatic rings. The molecule has 1 aromatic rings. The summed E-state index contributed by atoms with van der Waals surface area (Å²) in [5.74, 6) is 1.18. The number of unbranched alkanes of at least 4 members (excludes halogenated alkanes) is 1. The lowest BCUT2D eigenvalue weighted by Gasteiger charge is -2.33. The van der Waals surface area contributed by atoms with E-state index < -0.39 is 6.10 Å². The molecule has 1 aromatic carbocycles. The van der Waals surface area contributed by atoms with Crippen molar-refractivity contribution in [1.82, 2.24) is 10.2 Å². The van der Waals surface area contributed by atoms with E-state index in [1.807, 2.05) is 25.1 Å². The summed E-state index contributed by atoms with van der Waals surface area (Å²) >= 11 is 0. The van der Waals surface area contributed by atoms with Crippen LogP contribution in [0.3, 0.4) is 0 Å². The van der Waals surface area contributed by atoms with E-state index in [9.17, 15) is 4.79 Å². The van der Waals surface area contributed by atoms with Gasteiger partial charge in [-0.2, -0.15) is 0 Å². The van der Waals surface area contributed by atoms with E-state index in [0.29, 0.717) is 12.0 Å². The first-order valence-corrected chi connectivity index (χ1v) is 10.3. The second-order valence-corrected chi connectivity index (χ2v) is 7.87. The van der Waals surface area contributed by atoms with Crippen LogP contribution in [0, 0.1) is 0 Å². The molecule has 2 rings (SSSR count). The molecule has 26 heavy (non-hydrogen) atoms. The van der Waals surface area contributed by atoms with Crippen molar-refractivity contribution in [1.29, 1.82) is 0 Å². The summed E-state index contributed by atoms with van der Waals surface area (Å²) in [5, 5.41) is 3.01. The summed E-state index contributed by atoms with van der Waals surface area (Å²) in [6.07, 6.45) is 5.70. The van der Waals surface area contributed by atoms with Crippen LogP contribution in [0.4, 0.5) is 0 Å². The summed E-state index contributed by atoms with van der Waals surface area (Å²) in [5.41, 5.74) is 1.22. The predicted octanol–water partition coefficient (Wildman–Crippen LogP) is 4.35. The first-order valence-electron chi connectivity index (χ1n) is 10.3. The number of nitrogens with zero attached hydrogens (tertiary/aromatic N) is 1. The molecular weight excluding hydrogens is 324 g/mol. The van der Waals surface area contributed by atoms with Crippen LogP contribution in [0.1, 0.15) is 71.3 Å². The molecule has 2 atom stereocenters. The van der Waals surface area contributed by atoms with Crippen molar-refractivity contribution >= 4 is 5.91 Å². The van der Waals surface area contributed by atoms with E-state index in [1.165, 1.54) is 31.4 Å². The van der Waals surface area contributed by atoms with Gasteiger partial charge in [-0.3, -0.25) is 4.79 Å². The molecule has 4 heteroatoms. The summed E-state index contributed by atoms with van der Waals surface area (Å²) in [6, 6.07) is 8.72. The largest absolute Gasteiger partial charge is 0.481 e. The van der Waals surface area contributed by atoms with Crippen LogP contribution in [0.2, 0.25) is 0 Å². The standard InChI is InChI=1S/C22H36N2O2/c1-17(2)20-11-9-12-21(16-20)26-19(4)22(25)23-13-6-8-15-24-14-7-5-10-18(24)3/h9,11-12,16-19H,5-8,10,13-15H2,1-4H3,(H,23,25). The van der Waals surface area contributed by atoms with Crippen molar-refractivity contribution in [3.05, 3.63) is 29.8 Å². The SMILES string of the molecule is CC(Oc1cccc(C(C)C)c1)C(=O)NCCCCN1CCCCC1C. The summed E-state index contributed by atoms with van der Waals surface area (Å²) in [7, 11) is 0. The van der Waals surface area contributed by atoms with Gasteiger partial charge in [0, 0.05) is 12.6 Å². The predicted molar refractivity (Wildman–Crippen MR) is 108 cm³/mol. The van der Waals surface area contributed by atoms with Crippen molar-refractivity contribution in [2.45, 2.75) is 77.9 Å². The van der Waals surface area contributed by atoms with Gasteiger partial charge in [-0.1, -0.05) is 32.4 Å². The fraction of sp³-hybridized carbons (Fsp3) is 0.682. The maximum absolute atomic E-state index is 12.2. The van der Waals surface area contributed by atoms with Crippen LogP contribution in [-0.4, -0.2) is 42.6 Å². The first kappa shape index (κ1) is 20.8. The van der Waals surface area contributed by atoms with Crippen molar-refractivity contribution in [2.75, 3.05) is 19.6 Å². The number of nitrogens with one attached hydrogen (secondary N) is 1. The molecule has 1 amide bonds. The van der Waals surface area contributed by atoms with Crippen molar-refractivity contribution < 1.29 is 9.53 Å². The van der Waals surface area contributed by atoms with E-state index in [-0.39, 0.29) is 5.91 Å². The number of likely N-dealkylation sites (tertiary alicyclic amines) is 1. The fourth-order valence-electron chi connectivity index (χ4n) is 3.49. The lowest BCUT2D eigenvalue weighted by molar-refractivity contribution is -0.127. The highest BCUT2D eigenvalue weighted by molar-refractivity contribution is 5.80. The minimum atomic E-state index is -0.473. The quantitative estimate of drug-likeness (QED) is 0.666. The Morgan fingerprint density at radius 1 is 1.27 bits per heavy atom. The molecule has 1 fully saturated rings. The van der Waals surface area contributed by atoms with Crippen molar-refractivity contribution in [3.8, 4) is 5.75 Å². The molecule has 4 nitrogen and oxygen atoms in total. The van der Waals surface area contributed by atoms with E-state index in [2.05, 4.69) is 37.1 Å². The van der Waals surface area contributed by atoms with Crippen LogP contribution >= 0.6 is 0 Å². The van der Waals surface area contributed by atoms with E-state index in [1.54, 1.807) is 0 Å². The van der Waals surface area contributed by atoms with Gasteiger partial charge in [-0.15, -0.1) is 0 Å². The molecule has 0 spiro atoms. The molecular formula is C22H36N2O2. The minimum Gasteiger partial charge on any atom is -0.481 e. The zero-order chi connectivity index (χ0) is 18.9. The molecule has 0 aliphatic carbocycles. The van der Waals surface area contributed by atoms with E-state index >= 15 is 0 Å². The highest BCUT2D eigenvalue weighted by atomic mass is 16.5. The third kappa shape index (κ3) is 6.64. The Labute approximate surface area is 159 Å². The molecule has 1 saturated heterocycles. The number of ether oxygens (including phenoxy) is 1. The Balaban J connectivity index is 1.65. The number of carbonyl (C=O) groups is 1. The van der Waals surface area contributed by atoms with Crippen molar-refractivity contribution in [3.63, 3.8) is 0 Å². The monoisotopic (exact) mass is 360 g/mol. The normalized spacial score (nSPS) is 19.3. The molecule has 2 unspecified atom stereocenters. The Bertz CT molecular complexity index is 559. The second-order valence-electron chi connectivity index (χ2n) is 7.87. The van der Waals surface area contributed by atoms with Crippen LogP contribution in [-0.2, 0) is 4.79 Å². The summed E-state index contributed by atoms with van der Waals surface area (Å²) in [4.78, 5) is 14.8. The van der Waals surface area contributed by atoms with Gasteiger partial charge in [0.15, 0.2) is 6.10 Å². The minimum absolute atomic E-state index is 0.0358. The molecule has 0 radical (unpaired) electrons. The molecule has 0 aromatic heterocycles. The van der Waals surface area contributed by atoms with Crippen LogP contribution in [0.5, 0.6) is 5.75 Å². The average molecular weight is 361 g/mol. The highest BCUT2D eigenvalue weighted by Crippen LogP contribution is 2.21. The van der Waals surface area contributed by atoms with Crippen LogP contribution in [0.25, 0.3) is 0 Å². The molecule has 1 aliphatic heterocycles. The average Bonchev–Trinajstić information content (AvgIpc) is 2.62. The number of hydrogen-bond donors (Lipinski definition) is 1. The van der Waals surface area contributed by atoms with Crippen molar-refractivity contribution in [2.24, 2.45) is 0 Å². The number of rotatable bonds is 9. The third-order valence-corrected chi connectivity index (χ3v) is 5.32. The van der Waals surface area contributed by atoms with Gasteiger partial charge in [-0.05, 0) is 76.2 Å². The van der Waals surface area contributed by atoms with Gasteiger partial charge in [0.25, 0.3) is 5.91 Å². The van der Waals surface area contributed by atoms with Gasteiger partial charge >= 0.3 is 0 Å². The lowest BCUT2D eigenvalue weighted by atomic mass is 10.0. The van der Waals surface area contributed by atoms with Gasteiger partial charge in [0.05, 0.1) is 0 Å². The lowest BCUT2D eigenvalue weighted by Crippen LogP contribution is -2.39. The number of carbonyl (C=O) groups excluding carboxylic acids is 1. The summed E-state index contributed by atoms with van der Waals surface area (Å²) in [6.45, 7) is 11.5. The summed E-state index contributed by atoms with van der Waals surface area (Å²) < 4.78 is 5.81. The molecule has 0 bridgehead atoms. The zero-order valence-corrected chi connectivity index (χ0v) is 17.0. The van der Waals surface area contributed by atoms with Gasteiger partial charge < -0.3 is 15.0 Å². The Hall–Kier alpha value is -1.55. The van der Waals surface area contributed by atoms with E-state index in [4.69, 9.17) is 4.74 Å². The number of benzene rings is 1. The highest BCUT2D eigenvalue weighted by Gasteiger charge is 2.17. The Morgan fingerprint density at radius 3 is 2.81 bits per heavy atom. The van der Waals surface area contributed by atoms with E-state index in [0.717, 1.165) is 31.7 Å². The number of piperidine rings is 1.